The van der Waals surface area contributed by atoms with E-state index in [1.165, 1.54) is 0 Å². The fourth-order valence-corrected chi connectivity index (χ4v) is 5.24. The Balaban J connectivity index is 0.00000164. The van der Waals surface area contributed by atoms with Gasteiger partial charge in [-0.25, -0.2) is 9.28 Å². The predicted octanol–water partition coefficient (Wildman–Crippen LogP) is 6.21. The average Bonchev–Trinajstić information content (AvgIpc) is 3.37. The summed E-state index contributed by atoms with van der Waals surface area (Å²) in [6.45, 7) is 7.54. The van der Waals surface area contributed by atoms with Crippen molar-refractivity contribution in [1.82, 2.24) is 10.1 Å². The Morgan fingerprint density at radius 1 is 1.13 bits per heavy atom. The fraction of sp³-hybridized carbons (Fsp3) is 0.464. The summed E-state index contributed by atoms with van der Waals surface area (Å²) in [6.07, 6.45) is -3.17. The molecule has 0 spiro atoms. The van der Waals surface area contributed by atoms with Crippen LogP contribution < -0.4 is 4.74 Å². The maximum Gasteiger partial charge on any atom is 0.471 e. The van der Waals surface area contributed by atoms with Crippen LogP contribution in [0.2, 0.25) is 0 Å². The summed E-state index contributed by atoms with van der Waals surface area (Å²) in [5.41, 5.74) is 1.44. The minimum atomic E-state index is -4.73. The lowest BCUT2D eigenvalue weighted by Crippen LogP contribution is -2.59. The molecule has 0 N–H and O–H groups in total. The van der Waals surface area contributed by atoms with E-state index in [1.807, 2.05) is 58.2 Å². The van der Waals surface area contributed by atoms with E-state index in [1.54, 1.807) is 18.2 Å². The molecule has 10 heteroatoms. The SMILES string of the molecule is CC.C[C@]1(C(=O)[N+]2(C)Cc3ccc(-c4noc(C(F)(F)F)n4)cc3OCC2c2ccccc2)CCCOC1. The molecule has 3 atom stereocenters. The lowest BCUT2D eigenvalue weighted by atomic mass is 9.81. The predicted molar refractivity (Wildman–Crippen MR) is 134 cm³/mol. The molecule has 2 unspecified atom stereocenters. The lowest BCUT2D eigenvalue weighted by Gasteiger charge is -2.43. The van der Waals surface area contributed by atoms with E-state index in [2.05, 4.69) is 14.7 Å². The highest BCUT2D eigenvalue weighted by molar-refractivity contribution is 5.76. The molecule has 3 heterocycles. The van der Waals surface area contributed by atoms with E-state index in [0.717, 1.165) is 24.0 Å². The van der Waals surface area contributed by atoms with Crippen LogP contribution >= 0.6 is 0 Å². The zero-order chi connectivity index (χ0) is 27.6. The molecule has 5 rings (SSSR count). The second kappa shape index (κ2) is 10.9. The number of quaternary nitrogens is 1. The number of hydrogen-bond donors (Lipinski definition) is 0. The van der Waals surface area contributed by atoms with E-state index in [0.29, 0.717) is 31.1 Å². The smallest absolute Gasteiger partial charge is 0.471 e. The summed E-state index contributed by atoms with van der Waals surface area (Å²) in [4.78, 5) is 17.7. The van der Waals surface area contributed by atoms with Crippen molar-refractivity contribution < 1.29 is 36.4 Å². The van der Waals surface area contributed by atoms with E-state index in [-0.39, 0.29) is 28.9 Å². The summed E-state index contributed by atoms with van der Waals surface area (Å²) in [5.74, 6) is -1.04. The van der Waals surface area contributed by atoms with Crippen LogP contribution in [-0.2, 0) is 22.3 Å². The van der Waals surface area contributed by atoms with Gasteiger partial charge >= 0.3 is 18.0 Å². The first-order valence-electron chi connectivity index (χ1n) is 12.8. The highest BCUT2D eigenvalue weighted by atomic mass is 19.4. The standard InChI is InChI=1S/C26H27F3N3O4.C2H6/c1-25(11-6-12-34-16-25)24(33)32(2)14-19-10-9-18(22-30-23(36-31-22)26(27,28)29)13-21(19)35-15-20(32)17-7-4-3-5-8-17;1-2/h3-5,7-10,13,20H,6,11-12,14-16H2,1-2H3;1-2H3/q+1;/t20?,25-,32?;/m0./s1. The Kier molecular flexibility index (Phi) is 7.94. The van der Waals surface area contributed by atoms with Crippen molar-refractivity contribution in [3.8, 4) is 17.1 Å². The number of nitrogens with zero attached hydrogens (tertiary/aromatic N) is 3. The molecule has 0 bridgehead atoms. The summed E-state index contributed by atoms with van der Waals surface area (Å²) < 4.78 is 55.2. The molecular formula is C28H33F3N3O4+. The van der Waals surface area contributed by atoms with E-state index in [9.17, 15) is 18.0 Å². The Hall–Kier alpha value is -3.24. The third-order valence-electron chi connectivity index (χ3n) is 7.18. The summed E-state index contributed by atoms with van der Waals surface area (Å²) in [6, 6.07) is 14.4. The first-order valence-corrected chi connectivity index (χ1v) is 12.8. The Morgan fingerprint density at radius 2 is 1.87 bits per heavy atom. The molecule has 1 amide bonds. The Bertz CT molecular complexity index is 1260. The number of ether oxygens (including phenoxy) is 2. The largest absolute Gasteiger partial charge is 0.486 e. The Morgan fingerprint density at radius 3 is 2.50 bits per heavy atom. The normalized spacial score (nSPS) is 25.3. The highest BCUT2D eigenvalue weighted by Crippen LogP contribution is 2.43. The number of benzene rings is 2. The van der Waals surface area contributed by atoms with Crippen molar-refractivity contribution in [2.45, 2.75) is 52.4 Å². The first kappa shape index (κ1) is 27.8. The summed E-state index contributed by atoms with van der Waals surface area (Å²) in [5, 5.41) is 3.48. The second-order valence-corrected chi connectivity index (χ2v) is 9.93. The van der Waals surface area contributed by atoms with Crippen molar-refractivity contribution in [3.63, 3.8) is 0 Å². The second-order valence-electron chi connectivity index (χ2n) is 9.93. The summed E-state index contributed by atoms with van der Waals surface area (Å²) >= 11 is 0. The maximum absolute atomic E-state index is 14.2. The Labute approximate surface area is 220 Å². The van der Waals surface area contributed by atoms with Gasteiger partial charge in [0.15, 0.2) is 6.04 Å². The van der Waals surface area contributed by atoms with Crippen molar-refractivity contribution in [2.75, 3.05) is 26.9 Å². The van der Waals surface area contributed by atoms with Crippen molar-refractivity contribution >= 4 is 5.91 Å². The van der Waals surface area contributed by atoms with Crippen LogP contribution in [0.3, 0.4) is 0 Å². The topological polar surface area (TPSA) is 74.5 Å². The molecule has 1 aromatic heterocycles. The third-order valence-corrected chi connectivity index (χ3v) is 7.18. The van der Waals surface area contributed by atoms with Gasteiger partial charge in [-0.05, 0) is 31.9 Å². The minimum Gasteiger partial charge on any atom is -0.486 e. The number of carbonyl (C=O) groups is 1. The monoisotopic (exact) mass is 532 g/mol. The zero-order valence-electron chi connectivity index (χ0n) is 22.0. The van der Waals surface area contributed by atoms with E-state index in [4.69, 9.17) is 9.47 Å². The molecule has 0 aliphatic carbocycles. The molecule has 3 aromatic rings. The van der Waals surface area contributed by atoms with Crippen LogP contribution in [0.4, 0.5) is 13.2 Å². The van der Waals surface area contributed by atoms with Crippen LogP contribution in [0.1, 0.15) is 56.7 Å². The van der Waals surface area contributed by atoms with Crippen LogP contribution in [-0.4, -0.2) is 47.4 Å². The molecule has 0 saturated carbocycles. The molecule has 1 saturated heterocycles. The number of halogens is 3. The van der Waals surface area contributed by atoms with Gasteiger partial charge in [0.2, 0.25) is 5.82 Å². The number of fused-ring (bicyclic) bond motifs is 1. The molecule has 0 radical (unpaired) electrons. The lowest BCUT2D eigenvalue weighted by molar-refractivity contribution is -0.882. The van der Waals surface area contributed by atoms with Gasteiger partial charge in [-0.15, -0.1) is 0 Å². The average molecular weight is 533 g/mol. The van der Waals surface area contributed by atoms with Gasteiger partial charge in [0.25, 0.3) is 0 Å². The summed E-state index contributed by atoms with van der Waals surface area (Å²) in [7, 11) is 1.93. The molecule has 7 nitrogen and oxygen atoms in total. The van der Waals surface area contributed by atoms with Crippen molar-refractivity contribution in [3.05, 3.63) is 65.5 Å². The van der Waals surface area contributed by atoms with Gasteiger partial charge in [-0.2, -0.15) is 18.2 Å². The number of aromatic nitrogens is 2. The minimum absolute atomic E-state index is 0.0737. The van der Waals surface area contributed by atoms with Gasteiger partial charge < -0.3 is 14.0 Å². The quantitative estimate of drug-likeness (QED) is 0.374. The van der Waals surface area contributed by atoms with Crippen LogP contribution in [0, 0.1) is 5.41 Å². The third kappa shape index (κ3) is 5.33. The molecule has 2 aliphatic heterocycles. The fourth-order valence-electron chi connectivity index (χ4n) is 5.24. The number of amides is 1. The van der Waals surface area contributed by atoms with E-state index < -0.39 is 17.5 Å². The van der Waals surface area contributed by atoms with Gasteiger partial charge in [0.1, 0.15) is 24.3 Å². The van der Waals surface area contributed by atoms with Crippen molar-refractivity contribution in [1.29, 1.82) is 0 Å². The van der Waals surface area contributed by atoms with Crippen molar-refractivity contribution in [2.24, 2.45) is 5.41 Å². The van der Waals surface area contributed by atoms with Gasteiger partial charge in [0.05, 0.1) is 13.7 Å². The maximum atomic E-state index is 14.2. The number of rotatable bonds is 3. The van der Waals surface area contributed by atoms with Gasteiger partial charge in [-0.1, -0.05) is 55.4 Å². The van der Waals surface area contributed by atoms with Crippen LogP contribution in [0.5, 0.6) is 5.75 Å². The van der Waals surface area contributed by atoms with Gasteiger partial charge in [-0.3, -0.25) is 0 Å². The number of likely N-dealkylation sites (N-methyl/N-ethyl adjacent to an activating group) is 1. The molecule has 204 valence electrons. The highest BCUT2D eigenvalue weighted by Gasteiger charge is 2.52. The number of carbonyl (C=O) groups excluding carboxylic acids is 1. The van der Waals surface area contributed by atoms with Crippen LogP contribution in [0.15, 0.2) is 53.1 Å². The number of alkyl halides is 3. The molecule has 1 fully saturated rings. The number of hydrogen-bond acceptors (Lipinski definition) is 6. The first-order chi connectivity index (χ1) is 18.1. The van der Waals surface area contributed by atoms with E-state index >= 15 is 0 Å². The van der Waals surface area contributed by atoms with Gasteiger partial charge in [0, 0.05) is 23.3 Å². The molecule has 38 heavy (non-hydrogen) atoms. The molecule has 2 aliphatic rings. The molecular weight excluding hydrogens is 499 g/mol. The molecule has 2 aromatic carbocycles. The zero-order valence-corrected chi connectivity index (χ0v) is 22.0. The van der Waals surface area contributed by atoms with Crippen LogP contribution in [0.25, 0.3) is 11.4 Å².